The number of nitrogens with one attached hydrogen (secondary N) is 2. The number of nitrogens with zero attached hydrogens (tertiary/aromatic N) is 4. The van der Waals surface area contributed by atoms with Crippen molar-refractivity contribution in [2.75, 3.05) is 23.7 Å². The summed E-state index contributed by atoms with van der Waals surface area (Å²) in [6.45, 7) is 4.00. The third-order valence-electron chi connectivity index (χ3n) is 6.35. The number of benzene rings is 2. The molecule has 1 saturated heterocycles. The molecule has 6 rings (SSSR count). The SMILES string of the molecule is Cc1cc(N)cc(-c2cc3c(-c4nc5nccc(N6CCCCC6)c5[nH]4)n[nH]c3cc2F)c1. The highest BCUT2D eigenvalue weighted by atomic mass is 19.1. The predicted molar refractivity (Wildman–Crippen MR) is 130 cm³/mol. The lowest BCUT2D eigenvalue weighted by Gasteiger charge is -2.28. The van der Waals surface area contributed by atoms with Gasteiger partial charge >= 0.3 is 0 Å². The normalized spacial score (nSPS) is 14.4. The van der Waals surface area contributed by atoms with E-state index in [4.69, 9.17) is 10.7 Å². The quantitative estimate of drug-likeness (QED) is 0.335. The first-order chi connectivity index (χ1) is 16.1. The molecule has 2 aromatic carbocycles. The van der Waals surface area contributed by atoms with E-state index in [1.807, 2.05) is 31.2 Å². The summed E-state index contributed by atoms with van der Waals surface area (Å²) in [7, 11) is 0. The predicted octanol–water partition coefficient (Wildman–Crippen LogP) is 5.19. The number of halogens is 1. The maximum atomic E-state index is 15.0. The van der Waals surface area contributed by atoms with Crippen LogP contribution in [-0.2, 0) is 0 Å². The zero-order valence-corrected chi connectivity index (χ0v) is 18.3. The Morgan fingerprint density at radius 2 is 1.91 bits per heavy atom. The molecule has 0 spiro atoms. The van der Waals surface area contributed by atoms with Crippen molar-refractivity contribution in [3.05, 3.63) is 54.0 Å². The maximum Gasteiger partial charge on any atom is 0.180 e. The highest BCUT2D eigenvalue weighted by Gasteiger charge is 2.20. The Bertz CT molecular complexity index is 1470. The van der Waals surface area contributed by atoms with Gasteiger partial charge in [0.25, 0.3) is 0 Å². The molecule has 0 aliphatic carbocycles. The van der Waals surface area contributed by atoms with Gasteiger partial charge in [-0.15, -0.1) is 0 Å². The minimum atomic E-state index is -0.332. The van der Waals surface area contributed by atoms with Gasteiger partial charge < -0.3 is 15.6 Å². The third kappa shape index (κ3) is 3.38. The molecule has 8 heteroatoms. The Labute approximate surface area is 189 Å². The Morgan fingerprint density at radius 1 is 1.06 bits per heavy atom. The summed E-state index contributed by atoms with van der Waals surface area (Å²) in [6, 6.07) is 10.9. The standard InChI is InChI=1S/C25H24FN7/c1-14-9-15(11-16(27)10-14)17-12-18-20(13-19(17)26)31-32-22(18)25-29-23-21(5-6-28-24(23)30-25)33-7-3-2-4-8-33/h5-6,9-13H,2-4,7-8,27H2,1H3,(H,31,32)(H,28,29,30). The number of pyridine rings is 1. The monoisotopic (exact) mass is 441 g/mol. The van der Waals surface area contributed by atoms with Crippen LogP contribution in [0.15, 0.2) is 42.6 Å². The molecule has 33 heavy (non-hydrogen) atoms. The summed E-state index contributed by atoms with van der Waals surface area (Å²) >= 11 is 0. The molecule has 1 aliphatic rings. The number of H-pyrrole nitrogens is 2. The zero-order chi connectivity index (χ0) is 22.5. The fourth-order valence-corrected chi connectivity index (χ4v) is 4.82. The lowest BCUT2D eigenvalue weighted by molar-refractivity contribution is 0.578. The first-order valence-electron chi connectivity index (χ1n) is 11.2. The number of imidazole rings is 1. The molecule has 4 heterocycles. The van der Waals surface area contributed by atoms with Gasteiger partial charge in [0.2, 0.25) is 0 Å². The van der Waals surface area contributed by atoms with E-state index in [0.29, 0.717) is 33.9 Å². The number of anilines is 2. The van der Waals surface area contributed by atoms with E-state index in [1.165, 1.54) is 25.3 Å². The van der Waals surface area contributed by atoms with Gasteiger partial charge in [0.15, 0.2) is 11.5 Å². The van der Waals surface area contributed by atoms with Crippen LogP contribution in [-0.4, -0.2) is 38.2 Å². The van der Waals surface area contributed by atoms with E-state index in [9.17, 15) is 4.39 Å². The van der Waals surface area contributed by atoms with Crippen LogP contribution in [0.5, 0.6) is 0 Å². The number of hydrogen-bond donors (Lipinski definition) is 3. The van der Waals surface area contributed by atoms with Crippen LogP contribution in [0.3, 0.4) is 0 Å². The van der Waals surface area contributed by atoms with E-state index < -0.39 is 0 Å². The van der Waals surface area contributed by atoms with Crippen molar-refractivity contribution in [1.29, 1.82) is 0 Å². The largest absolute Gasteiger partial charge is 0.399 e. The van der Waals surface area contributed by atoms with Gasteiger partial charge in [0, 0.05) is 42.0 Å². The number of piperidine rings is 1. The number of aryl methyl sites for hydroxylation is 1. The smallest absolute Gasteiger partial charge is 0.180 e. The van der Waals surface area contributed by atoms with Crippen LogP contribution in [0.25, 0.3) is 44.7 Å². The number of nitrogen functional groups attached to an aromatic ring is 1. The topological polar surface area (TPSA) is 99.5 Å². The average molecular weight is 442 g/mol. The molecule has 0 amide bonds. The van der Waals surface area contributed by atoms with Gasteiger partial charge in [-0.25, -0.2) is 14.4 Å². The van der Waals surface area contributed by atoms with Crippen molar-refractivity contribution in [1.82, 2.24) is 25.1 Å². The number of hydrogen-bond acceptors (Lipinski definition) is 5. The summed E-state index contributed by atoms with van der Waals surface area (Å²) in [6.07, 6.45) is 5.44. The second-order valence-corrected chi connectivity index (χ2v) is 8.74. The van der Waals surface area contributed by atoms with Crippen LogP contribution >= 0.6 is 0 Å². The Hall–Kier alpha value is -3.94. The van der Waals surface area contributed by atoms with Gasteiger partial charge in [0.05, 0.1) is 11.2 Å². The fraction of sp³-hybridized carbons (Fsp3) is 0.240. The molecular weight excluding hydrogens is 417 g/mol. The molecule has 0 atom stereocenters. The van der Waals surface area contributed by atoms with E-state index in [1.54, 1.807) is 12.3 Å². The van der Waals surface area contributed by atoms with Gasteiger partial charge in [0.1, 0.15) is 17.0 Å². The molecule has 0 radical (unpaired) electrons. The summed E-state index contributed by atoms with van der Waals surface area (Å²) in [5.41, 5.74) is 12.7. The van der Waals surface area contributed by atoms with E-state index in [0.717, 1.165) is 40.8 Å². The Morgan fingerprint density at radius 3 is 2.73 bits per heavy atom. The first kappa shape index (κ1) is 19.7. The average Bonchev–Trinajstić information content (AvgIpc) is 3.41. The third-order valence-corrected chi connectivity index (χ3v) is 6.35. The lowest BCUT2D eigenvalue weighted by Crippen LogP contribution is -2.29. The van der Waals surface area contributed by atoms with Gasteiger partial charge in [-0.1, -0.05) is 6.07 Å². The molecule has 7 nitrogen and oxygen atoms in total. The van der Waals surface area contributed by atoms with Crippen molar-refractivity contribution in [2.45, 2.75) is 26.2 Å². The molecule has 5 aromatic rings. The van der Waals surface area contributed by atoms with Crippen LogP contribution in [0.2, 0.25) is 0 Å². The molecule has 1 fully saturated rings. The van der Waals surface area contributed by atoms with Crippen molar-refractivity contribution < 1.29 is 4.39 Å². The molecule has 4 N–H and O–H groups in total. The fourth-order valence-electron chi connectivity index (χ4n) is 4.82. The summed E-state index contributed by atoms with van der Waals surface area (Å²) in [4.78, 5) is 15.0. The first-order valence-corrected chi connectivity index (χ1v) is 11.2. The minimum Gasteiger partial charge on any atom is -0.399 e. The van der Waals surface area contributed by atoms with E-state index in [2.05, 4.69) is 25.1 Å². The second-order valence-electron chi connectivity index (χ2n) is 8.74. The van der Waals surface area contributed by atoms with Gasteiger partial charge in [-0.2, -0.15) is 5.10 Å². The minimum absolute atomic E-state index is 0.332. The Kier molecular flexibility index (Phi) is 4.53. The highest BCUT2D eigenvalue weighted by Crippen LogP contribution is 2.34. The van der Waals surface area contributed by atoms with Crippen molar-refractivity contribution in [3.8, 4) is 22.6 Å². The number of rotatable bonds is 3. The number of fused-ring (bicyclic) bond motifs is 2. The molecule has 166 valence electrons. The van der Waals surface area contributed by atoms with Crippen molar-refractivity contribution >= 4 is 33.4 Å². The molecule has 0 bridgehead atoms. The molecular formula is C25H24FN7. The van der Waals surface area contributed by atoms with Crippen LogP contribution in [0.4, 0.5) is 15.8 Å². The van der Waals surface area contributed by atoms with Crippen LogP contribution in [0.1, 0.15) is 24.8 Å². The molecule has 0 saturated carbocycles. The lowest BCUT2D eigenvalue weighted by atomic mass is 10.00. The number of aromatic amines is 2. The van der Waals surface area contributed by atoms with Crippen molar-refractivity contribution in [2.24, 2.45) is 0 Å². The van der Waals surface area contributed by atoms with Gasteiger partial charge in [-0.3, -0.25) is 5.10 Å². The van der Waals surface area contributed by atoms with Crippen LogP contribution in [0, 0.1) is 12.7 Å². The van der Waals surface area contributed by atoms with Gasteiger partial charge in [-0.05, 0) is 61.6 Å². The van der Waals surface area contributed by atoms with Crippen LogP contribution < -0.4 is 10.6 Å². The summed E-state index contributed by atoms with van der Waals surface area (Å²) in [5.74, 6) is 0.274. The second kappa shape index (κ2) is 7.58. The van der Waals surface area contributed by atoms with E-state index >= 15 is 0 Å². The molecule has 1 aliphatic heterocycles. The summed E-state index contributed by atoms with van der Waals surface area (Å²) in [5, 5.41) is 8.19. The van der Waals surface area contributed by atoms with Crippen molar-refractivity contribution in [3.63, 3.8) is 0 Å². The zero-order valence-electron chi connectivity index (χ0n) is 18.3. The molecule has 3 aromatic heterocycles. The highest BCUT2D eigenvalue weighted by molar-refractivity contribution is 5.97. The maximum absolute atomic E-state index is 15.0. The molecule has 0 unspecified atom stereocenters. The van der Waals surface area contributed by atoms with E-state index in [-0.39, 0.29) is 5.82 Å². The Balaban J connectivity index is 1.49. The number of nitrogens with two attached hydrogens (primary N) is 1. The summed E-state index contributed by atoms with van der Waals surface area (Å²) < 4.78 is 15.0. The number of aromatic nitrogens is 5.